The predicted octanol–water partition coefficient (Wildman–Crippen LogP) is 3.55. The third-order valence-electron chi connectivity index (χ3n) is 3.32. The Balaban J connectivity index is 2.34. The van der Waals surface area contributed by atoms with Gasteiger partial charge >= 0.3 is 0 Å². The summed E-state index contributed by atoms with van der Waals surface area (Å²) in [5.74, 6) is -0.142. The highest BCUT2D eigenvalue weighted by atomic mass is 35.5. The molecule has 2 N–H and O–H groups in total. The number of nitrogens with two attached hydrogens (primary N) is 1. The largest absolute Gasteiger partial charge is 0.330 e. The first kappa shape index (κ1) is 10.8. The number of rotatable bonds is 1. The summed E-state index contributed by atoms with van der Waals surface area (Å²) in [5.41, 5.74) is 9.38. The van der Waals surface area contributed by atoms with E-state index in [-0.39, 0.29) is 11.7 Å². The Morgan fingerprint density at radius 3 is 2.76 bits per heavy atom. The maximum Gasteiger partial charge on any atom is 0.131 e. The molecule has 0 saturated heterocycles. The molecule has 1 aliphatic carbocycles. The van der Waals surface area contributed by atoms with Gasteiger partial charge in [-0.3, -0.25) is 0 Å². The molecule has 3 rings (SSSR count). The molecule has 0 aromatic heterocycles. The van der Waals surface area contributed by atoms with Gasteiger partial charge in [0.2, 0.25) is 0 Å². The normalized spacial score (nSPS) is 16.8. The van der Waals surface area contributed by atoms with E-state index in [1.165, 1.54) is 6.07 Å². The van der Waals surface area contributed by atoms with Crippen molar-refractivity contribution < 1.29 is 4.39 Å². The lowest BCUT2D eigenvalue weighted by molar-refractivity contribution is 0.630. The van der Waals surface area contributed by atoms with Crippen LogP contribution in [0.15, 0.2) is 36.4 Å². The summed E-state index contributed by atoms with van der Waals surface area (Å²) in [4.78, 5) is 0. The van der Waals surface area contributed by atoms with Gasteiger partial charge in [-0.2, -0.15) is 0 Å². The molecule has 1 atom stereocenters. The topological polar surface area (TPSA) is 26.0 Å². The van der Waals surface area contributed by atoms with Gasteiger partial charge in [-0.1, -0.05) is 29.8 Å². The average Bonchev–Trinajstić information content (AvgIpc) is 2.63. The fourth-order valence-corrected chi connectivity index (χ4v) is 2.77. The van der Waals surface area contributed by atoms with Crippen LogP contribution in [0.4, 0.5) is 4.39 Å². The summed E-state index contributed by atoms with van der Waals surface area (Å²) >= 11 is 5.99. The zero-order valence-corrected chi connectivity index (χ0v) is 9.84. The van der Waals surface area contributed by atoms with Crippen molar-refractivity contribution in [2.75, 3.05) is 6.54 Å². The summed E-state index contributed by atoms with van der Waals surface area (Å²) in [6.07, 6.45) is 0. The van der Waals surface area contributed by atoms with Gasteiger partial charge in [0.05, 0.1) is 0 Å². The van der Waals surface area contributed by atoms with Gasteiger partial charge in [0.25, 0.3) is 0 Å². The molecule has 0 amide bonds. The van der Waals surface area contributed by atoms with E-state index in [0.717, 1.165) is 16.7 Å². The standard InChI is InChI=1S/C14H11ClFN/c15-8-4-5-10-11(6-8)12(7-17)9-2-1-3-13(16)14(9)10/h1-6,12H,7,17H2. The van der Waals surface area contributed by atoms with Crippen molar-refractivity contribution in [3.8, 4) is 11.1 Å². The second-order valence-corrected chi connectivity index (χ2v) is 4.66. The quantitative estimate of drug-likeness (QED) is 0.819. The van der Waals surface area contributed by atoms with Crippen molar-refractivity contribution in [1.82, 2.24) is 0 Å². The van der Waals surface area contributed by atoms with Crippen LogP contribution in [0, 0.1) is 5.82 Å². The Morgan fingerprint density at radius 2 is 2.00 bits per heavy atom. The van der Waals surface area contributed by atoms with Crippen LogP contribution in [-0.2, 0) is 0 Å². The van der Waals surface area contributed by atoms with E-state index in [2.05, 4.69) is 0 Å². The van der Waals surface area contributed by atoms with Crippen molar-refractivity contribution in [2.45, 2.75) is 5.92 Å². The van der Waals surface area contributed by atoms with E-state index in [1.807, 2.05) is 18.2 Å². The molecule has 0 radical (unpaired) electrons. The second-order valence-electron chi connectivity index (χ2n) is 4.22. The molecule has 1 nitrogen and oxygen atoms in total. The maximum absolute atomic E-state index is 13.9. The third-order valence-corrected chi connectivity index (χ3v) is 3.55. The molecule has 17 heavy (non-hydrogen) atoms. The lowest BCUT2D eigenvalue weighted by Gasteiger charge is -2.10. The minimum absolute atomic E-state index is 0.0504. The van der Waals surface area contributed by atoms with Crippen molar-refractivity contribution in [3.05, 3.63) is 58.4 Å². The number of hydrogen-bond acceptors (Lipinski definition) is 1. The highest BCUT2D eigenvalue weighted by molar-refractivity contribution is 6.30. The molecule has 0 fully saturated rings. The predicted molar refractivity (Wildman–Crippen MR) is 67.7 cm³/mol. The van der Waals surface area contributed by atoms with Crippen molar-refractivity contribution in [2.24, 2.45) is 5.73 Å². The van der Waals surface area contributed by atoms with Crippen LogP contribution in [-0.4, -0.2) is 6.54 Å². The van der Waals surface area contributed by atoms with Crippen LogP contribution in [0.3, 0.4) is 0 Å². The van der Waals surface area contributed by atoms with Crippen LogP contribution in [0.2, 0.25) is 5.02 Å². The van der Waals surface area contributed by atoms with Gasteiger partial charge < -0.3 is 5.73 Å². The van der Waals surface area contributed by atoms with Gasteiger partial charge in [0.15, 0.2) is 0 Å². The van der Waals surface area contributed by atoms with Crippen LogP contribution in [0.5, 0.6) is 0 Å². The van der Waals surface area contributed by atoms with Gasteiger partial charge in [-0.05, 0) is 34.9 Å². The molecule has 2 aromatic rings. The number of halogens is 2. The minimum atomic E-state index is -0.193. The lowest BCUT2D eigenvalue weighted by atomic mass is 9.97. The van der Waals surface area contributed by atoms with Gasteiger partial charge in [-0.15, -0.1) is 0 Å². The Morgan fingerprint density at radius 1 is 1.18 bits per heavy atom. The van der Waals surface area contributed by atoms with Crippen molar-refractivity contribution >= 4 is 11.6 Å². The zero-order chi connectivity index (χ0) is 12.0. The minimum Gasteiger partial charge on any atom is -0.330 e. The fraction of sp³-hybridized carbons (Fsp3) is 0.143. The van der Waals surface area contributed by atoms with Crippen molar-refractivity contribution in [3.63, 3.8) is 0 Å². The first-order chi connectivity index (χ1) is 8.22. The molecule has 0 saturated carbocycles. The molecular weight excluding hydrogens is 237 g/mol. The SMILES string of the molecule is NCC1c2cc(Cl)ccc2-c2c(F)cccc21. The highest BCUT2D eigenvalue weighted by Crippen LogP contribution is 2.46. The number of hydrogen-bond donors (Lipinski definition) is 1. The molecule has 86 valence electrons. The molecule has 1 unspecified atom stereocenters. The first-order valence-electron chi connectivity index (χ1n) is 5.50. The van der Waals surface area contributed by atoms with E-state index in [0.29, 0.717) is 17.1 Å². The summed E-state index contributed by atoms with van der Waals surface area (Å²) in [5, 5.41) is 0.662. The first-order valence-corrected chi connectivity index (χ1v) is 5.88. The Kier molecular flexibility index (Phi) is 2.42. The van der Waals surface area contributed by atoms with E-state index in [9.17, 15) is 4.39 Å². The number of fused-ring (bicyclic) bond motifs is 3. The molecular formula is C14H11ClFN. The van der Waals surface area contributed by atoms with Crippen LogP contribution < -0.4 is 5.73 Å². The third kappa shape index (κ3) is 1.48. The summed E-state index contributed by atoms with van der Waals surface area (Å²) in [6.45, 7) is 0.462. The molecule has 1 aliphatic rings. The van der Waals surface area contributed by atoms with Crippen LogP contribution in [0.1, 0.15) is 17.0 Å². The Bertz CT molecular complexity index is 595. The molecule has 2 aromatic carbocycles. The smallest absolute Gasteiger partial charge is 0.131 e. The Labute approximate surface area is 104 Å². The van der Waals surface area contributed by atoms with Gasteiger partial charge in [0.1, 0.15) is 5.82 Å². The van der Waals surface area contributed by atoms with Crippen molar-refractivity contribution in [1.29, 1.82) is 0 Å². The number of benzene rings is 2. The monoisotopic (exact) mass is 247 g/mol. The van der Waals surface area contributed by atoms with Crippen LogP contribution in [0.25, 0.3) is 11.1 Å². The van der Waals surface area contributed by atoms with Gasteiger partial charge in [0, 0.05) is 23.0 Å². The highest BCUT2D eigenvalue weighted by Gasteiger charge is 2.29. The van der Waals surface area contributed by atoms with E-state index >= 15 is 0 Å². The lowest BCUT2D eigenvalue weighted by Crippen LogP contribution is -2.11. The van der Waals surface area contributed by atoms with E-state index in [1.54, 1.807) is 12.1 Å². The summed E-state index contributed by atoms with van der Waals surface area (Å²) in [6, 6.07) is 10.7. The Hall–Kier alpha value is -1.38. The molecule has 3 heteroatoms. The maximum atomic E-state index is 13.9. The molecule has 0 spiro atoms. The van der Waals surface area contributed by atoms with E-state index in [4.69, 9.17) is 17.3 Å². The molecule has 0 bridgehead atoms. The van der Waals surface area contributed by atoms with E-state index < -0.39 is 0 Å². The molecule has 0 heterocycles. The van der Waals surface area contributed by atoms with Crippen LogP contribution >= 0.6 is 11.6 Å². The fourth-order valence-electron chi connectivity index (χ4n) is 2.59. The molecule has 0 aliphatic heterocycles. The van der Waals surface area contributed by atoms with Gasteiger partial charge in [-0.25, -0.2) is 4.39 Å². The average molecular weight is 248 g/mol. The summed E-state index contributed by atoms with van der Waals surface area (Å²) < 4.78 is 13.9. The second kappa shape index (κ2) is 3.83. The zero-order valence-electron chi connectivity index (χ0n) is 9.08. The summed E-state index contributed by atoms with van der Waals surface area (Å²) in [7, 11) is 0.